The molecule has 0 aliphatic rings. The summed E-state index contributed by atoms with van der Waals surface area (Å²) in [7, 11) is 0. The average molecular weight is 442 g/mol. The highest BCUT2D eigenvalue weighted by Gasteiger charge is 2.16. The van der Waals surface area contributed by atoms with Gasteiger partial charge in [-0.05, 0) is 60.4 Å². The molecule has 1 aromatic heterocycles. The molecule has 0 unspecified atom stereocenters. The Labute approximate surface area is 182 Å². The Morgan fingerprint density at radius 3 is 2.34 bits per heavy atom. The summed E-state index contributed by atoms with van der Waals surface area (Å²) >= 11 is 9.45. The molecule has 4 aromatic rings. The van der Waals surface area contributed by atoms with Crippen LogP contribution in [0, 0.1) is 5.82 Å². The Balaban J connectivity index is 1.69. The van der Waals surface area contributed by atoms with Crippen LogP contribution >= 0.6 is 34.7 Å². The Morgan fingerprint density at radius 2 is 1.66 bits per heavy atom. The number of thiazole rings is 1. The van der Waals surface area contributed by atoms with Crippen LogP contribution in [-0.2, 0) is 6.61 Å². The summed E-state index contributed by atoms with van der Waals surface area (Å²) in [5.41, 5.74) is 2.77. The minimum absolute atomic E-state index is 0.267. The van der Waals surface area contributed by atoms with Crippen molar-refractivity contribution >= 4 is 34.7 Å². The van der Waals surface area contributed by atoms with E-state index in [2.05, 4.69) is 30.5 Å². The van der Waals surface area contributed by atoms with Crippen molar-refractivity contribution < 1.29 is 9.13 Å². The van der Waals surface area contributed by atoms with Crippen LogP contribution in [0.15, 0.2) is 77.7 Å². The zero-order valence-electron chi connectivity index (χ0n) is 15.6. The Bertz CT molecular complexity index is 1110. The van der Waals surface area contributed by atoms with E-state index in [1.54, 1.807) is 41.3 Å². The lowest BCUT2D eigenvalue weighted by Gasteiger charge is -2.05. The van der Waals surface area contributed by atoms with Gasteiger partial charge in [-0.3, -0.25) is 0 Å². The third-order valence-electron chi connectivity index (χ3n) is 4.33. The number of aromatic nitrogens is 1. The second kappa shape index (κ2) is 8.99. The lowest BCUT2D eigenvalue weighted by Crippen LogP contribution is -1.95. The maximum Gasteiger partial charge on any atom is 0.140 e. The third-order valence-corrected chi connectivity index (χ3v) is 6.46. The van der Waals surface area contributed by atoms with Gasteiger partial charge in [0.05, 0.1) is 15.6 Å². The molecular weight excluding hydrogens is 425 g/mol. The van der Waals surface area contributed by atoms with Crippen LogP contribution < -0.4 is 4.74 Å². The van der Waals surface area contributed by atoms with Crippen LogP contribution in [0.25, 0.3) is 21.7 Å². The maximum atomic E-state index is 13.4. The molecule has 1 heterocycles. The van der Waals surface area contributed by atoms with Gasteiger partial charge in [-0.2, -0.15) is 0 Å². The highest BCUT2D eigenvalue weighted by Crippen LogP contribution is 2.38. The molecule has 0 saturated carbocycles. The lowest BCUT2D eigenvalue weighted by molar-refractivity contribution is 0.306. The highest BCUT2D eigenvalue weighted by atomic mass is 35.5. The molecule has 3 aromatic carbocycles. The lowest BCUT2D eigenvalue weighted by atomic mass is 10.1. The number of rotatable bonds is 6. The van der Waals surface area contributed by atoms with Crippen molar-refractivity contribution in [2.24, 2.45) is 0 Å². The molecule has 0 bridgehead atoms. The van der Waals surface area contributed by atoms with Crippen molar-refractivity contribution in [3.05, 3.63) is 88.6 Å². The first kappa shape index (κ1) is 20.0. The number of hydrogen-bond acceptors (Lipinski definition) is 4. The Kier molecular flexibility index (Phi) is 6.19. The van der Waals surface area contributed by atoms with E-state index < -0.39 is 0 Å². The molecule has 4 rings (SSSR count). The fourth-order valence-corrected chi connectivity index (χ4v) is 4.47. The second-order valence-electron chi connectivity index (χ2n) is 6.24. The summed E-state index contributed by atoms with van der Waals surface area (Å²) in [5.74, 6) is 0.357. The van der Waals surface area contributed by atoms with Gasteiger partial charge in [-0.25, -0.2) is 9.37 Å². The van der Waals surface area contributed by atoms with Crippen molar-refractivity contribution in [3.8, 4) is 27.4 Å². The van der Waals surface area contributed by atoms with Gasteiger partial charge in [-0.15, -0.1) is 23.1 Å². The van der Waals surface area contributed by atoms with Crippen LogP contribution in [0.1, 0.15) is 5.01 Å². The third kappa shape index (κ3) is 4.64. The van der Waals surface area contributed by atoms with Crippen LogP contribution in [-0.4, -0.2) is 11.2 Å². The summed E-state index contributed by atoms with van der Waals surface area (Å²) in [6, 6.07) is 22.1. The predicted octanol–water partition coefficient (Wildman–Crippen LogP) is 7.57. The van der Waals surface area contributed by atoms with Crippen molar-refractivity contribution in [2.75, 3.05) is 6.26 Å². The van der Waals surface area contributed by atoms with Crippen molar-refractivity contribution in [1.29, 1.82) is 0 Å². The number of hydrogen-bond donors (Lipinski definition) is 0. The number of ether oxygens (including phenoxy) is 1. The molecule has 0 fully saturated rings. The van der Waals surface area contributed by atoms with Gasteiger partial charge in [0, 0.05) is 10.5 Å². The van der Waals surface area contributed by atoms with E-state index in [1.165, 1.54) is 17.0 Å². The minimum atomic E-state index is -0.267. The molecule has 0 amide bonds. The van der Waals surface area contributed by atoms with E-state index >= 15 is 0 Å². The van der Waals surface area contributed by atoms with Crippen LogP contribution in [0.2, 0.25) is 5.02 Å². The molecule has 146 valence electrons. The molecule has 0 radical (unpaired) electrons. The molecular formula is C23H17ClFNOS2. The molecule has 0 spiro atoms. The Morgan fingerprint density at radius 1 is 0.966 bits per heavy atom. The summed E-state index contributed by atoms with van der Waals surface area (Å²) in [6.45, 7) is 0.311. The number of para-hydroxylation sites is 1. The van der Waals surface area contributed by atoms with Gasteiger partial charge in [0.1, 0.15) is 23.2 Å². The largest absolute Gasteiger partial charge is 0.485 e. The Hall–Kier alpha value is -2.34. The van der Waals surface area contributed by atoms with Gasteiger partial charge in [0.2, 0.25) is 0 Å². The van der Waals surface area contributed by atoms with E-state index in [0.29, 0.717) is 17.4 Å². The van der Waals surface area contributed by atoms with E-state index in [9.17, 15) is 4.39 Å². The summed E-state index contributed by atoms with van der Waals surface area (Å²) in [4.78, 5) is 7.02. The molecule has 0 N–H and O–H groups in total. The fraction of sp³-hybridized carbons (Fsp3) is 0.0870. The van der Waals surface area contributed by atoms with Crippen LogP contribution in [0.3, 0.4) is 0 Å². The number of benzene rings is 3. The standard InChI is InChI=1S/C23H17ClFNOS2/c1-28-18-12-8-16(9-13-18)23-22(15-6-10-17(25)11-7-15)26-21(29-23)14-27-20-5-3-2-4-19(20)24/h2-13H,14H2,1H3. The number of nitrogens with zero attached hydrogens (tertiary/aromatic N) is 1. The van der Waals surface area contributed by atoms with Crippen LogP contribution in [0.5, 0.6) is 5.75 Å². The first-order valence-electron chi connectivity index (χ1n) is 8.91. The quantitative estimate of drug-likeness (QED) is 0.288. The first-order chi connectivity index (χ1) is 14.1. The summed E-state index contributed by atoms with van der Waals surface area (Å²) in [5, 5.41) is 1.39. The molecule has 0 atom stereocenters. The predicted molar refractivity (Wildman–Crippen MR) is 121 cm³/mol. The van der Waals surface area contributed by atoms with Crippen LogP contribution in [0.4, 0.5) is 4.39 Å². The zero-order chi connectivity index (χ0) is 20.2. The number of thioether (sulfide) groups is 1. The van der Waals surface area contributed by atoms with Gasteiger partial charge < -0.3 is 4.74 Å². The van der Waals surface area contributed by atoms with Gasteiger partial charge in [0.25, 0.3) is 0 Å². The maximum absolute atomic E-state index is 13.4. The summed E-state index contributed by atoms with van der Waals surface area (Å²) in [6.07, 6.45) is 2.05. The fourth-order valence-electron chi connectivity index (χ4n) is 2.87. The molecule has 0 aliphatic heterocycles. The van der Waals surface area contributed by atoms with E-state index in [-0.39, 0.29) is 5.82 Å². The number of halogens is 2. The molecule has 6 heteroatoms. The summed E-state index contributed by atoms with van der Waals surface area (Å²) < 4.78 is 19.3. The molecule has 29 heavy (non-hydrogen) atoms. The van der Waals surface area contributed by atoms with E-state index in [4.69, 9.17) is 21.3 Å². The van der Waals surface area contributed by atoms with Gasteiger partial charge in [0.15, 0.2) is 0 Å². The second-order valence-corrected chi connectivity index (χ2v) is 8.61. The monoisotopic (exact) mass is 441 g/mol. The van der Waals surface area contributed by atoms with Crippen molar-refractivity contribution in [2.45, 2.75) is 11.5 Å². The normalized spacial score (nSPS) is 10.9. The van der Waals surface area contributed by atoms with Crippen molar-refractivity contribution in [1.82, 2.24) is 4.98 Å². The molecule has 2 nitrogen and oxygen atoms in total. The SMILES string of the molecule is CSc1ccc(-c2sc(COc3ccccc3Cl)nc2-c2ccc(F)cc2)cc1. The zero-order valence-corrected chi connectivity index (χ0v) is 18.0. The average Bonchev–Trinajstić information content (AvgIpc) is 3.18. The molecule has 0 saturated heterocycles. The minimum Gasteiger partial charge on any atom is -0.485 e. The van der Waals surface area contributed by atoms with E-state index in [1.807, 2.05) is 18.2 Å². The van der Waals surface area contributed by atoms with Gasteiger partial charge >= 0.3 is 0 Å². The highest BCUT2D eigenvalue weighted by molar-refractivity contribution is 7.98. The smallest absolute Gasteiger partial charge is 0.140 e. The van der Waals surface area contributed by atoms with Crippen molar-refractivity contribution in [3.63, 3.8) is 0 Å². The first-order valence-corrected chi connectivity index (χ1v) is 11.3. The molecule has 0 aliphatic carbocycles. The van der Waals surface area contributed by atoms with Gasteiger partial charge in [-0.1, -0.05) is 35.9 Å². The topological polar surface area (TPSA) is 22.1 Å². The van der Waals surface area contributed by atoms with E-state index in [0.717, 1.165) is 26.7 Å².